The van der Waals surface area contributed by atoms with Gasteiger partial charge in [-0.1, -0.05) is 41.0 Å². The molecule has 17 heteroatoms. The van der Waals surface area contributed by atoms with Gasteiger partial charge in [0.25, 0.3) is 0 Å². The fraction of sp³-hybridized carbons (Fsp3) is 0.405. The van der Waals surface area contributed by atoms with E-state index in [0.717, 1.165) is 48.6 Å². The Hall–Kier alpha value is -4.94. The summed E-state index contributed by atoms with van der Waals surface area (Å²) in [5.74, 6) is 1.18. The summed E-state index contributed by atoms with van der Waals surface area (Å²) < 4.78 is 16.3. The molecule has 1 amide bonds. The number of thioether (sulfide) groups is 2. The Morgan fingerprint density at radius 3 is 2.56 bits per heavy atom. The number of nitriles is 1. The molecule has 0 aliphatic carbocycles. The predicted octanol–water partition coefficient (Wildman–Crippen LogP) is 7.24. The average Bonchev–Trinajstić information content (AvgIpc) is 3.87. The van der Waals surface area contributed by atoms with Gasteiger partial charge in [-0.15, -0.1) is 23.5 Å². The number of halogens is 1. The van der Waals surface area contributed by atoms with E-state index in [-0.39, 0.29) is 30.5 Å². The summed E-state index contributed by atoms with van der Waals surface area (Å²) in [6.07, 6.45) is 2.57. The minimum atomic E-state index is -1.23. The SMILES string of the molecule is CC(C)(C)OC(=O)N[C@@H](CN=[N+]=[N-])C(=O)OCCOc1ccc(C2=C(C#N)C(SCC3=CSC(c4ccc(Cl)cc4)N3)NC(N3CCCC3)=C2C=N)cc1. The highest BCUT2D eigenvalue weighted by Gasteiger charge is 2.33. The molecule has 4 N–H and O–H groups in total. The van der Waals surface area contributed by atoms with E-state index in [2.05, 4.69) is 42.4 Å². The number of nitrogens with one attached hydrogen (secondary N) is 4. The van der Waals surface area contributed by atoms with E-state index in [1.165, 1.54) is 6.21 Å². The predicted molar refractivity (Wildman–Crippen MR) is 212 cm³/mol. The first-order valence-corrected chi connectivity index (χ1v) is 19.7. The lowest BCUT2D eigenvalue weighted by Gasteiger charge is -2.35. The second-order valence-electron chi connectivity index (χ2n) is 13.3. The Morgan fingerprint density at radius 2 is 1.91 bits per heavy atom. The quantitative estimate of drug-likeness (QED) is 0.0354. The summed E-state index contributed by atoms with van der Waals surface area (Å²) in [4.78, 5) is 29.7. The lowest BCUT2D eigenvalue weighted by atomic mass is 9.90. The van der Waals surface area contributed by atoms with Crippen molar-refractivity contribution >= 4 is 59.0 Å². The summed E-state index contributed by atoms with van der Waals surface area (Å²) in [7, 11) is 0. The lowest BCUT2D eigenvalue weighted by molar-refractivity contribution is -0.146. The van der Waals surface area contributed by atoms with Crippen molar-refractivity contribution in [2.75, 3.05) is 38.6 Å². The Balaban J connectivity index is 1.25. The molecular formula is C37H42ClN9O5S2. The molecule has 14 nitrogen and oxygen atoms in total. The minimum absolute atomic E-state index is 0.00629. The zero-order valence-corrected chi connectivity index (χ0v) is 32.5. The van der Waals surface area contributed by atoms with E-state index in [4.69, 9.17) is 36.8 Å². The van der Waals surface area contributed by atoms with Crippen LogP contribution in [0.2, 0.25) is 5.02 Å². The second-order valence-corrected chi connectivity index (χ2v) is 15.9. The van der Waals surface area contributed by atoms with Crippen molar-refractivity contribution in [3.63, 3.8) is 0 Å². The van der Waals surface area contributed by atoms with Crippen molar-refractivity contribution in [2.45, 2.75) is 56.0 Å². The molecule has 3 atom stereocenters. The van der Waals surface area contributed by atoms with Gasteiger partial charge in [0.05, 0.1) is 18.2 Å². The van der Waals surface area contributed by atoms with Crippen LogP contribution in [0.3, 0.4) is 0 Å². The summed E-state index contributed by atoms with van der Waals surface area (Å²) in [6.45, 7) is 6.28. The maximum Gasteiger partial charge on any atom is 0.408 e. The van der Waals surface area contributed by atoms with Crippen LogP contribution in [0.4, 0.5) is 4.79 Å². The number of amides is 1. The molecule has 0 saturated carbocycles. The van der Waals surface area contributed by atoms with Gasteiger partial charge >= 0.3 is 12.1 Å². The summed E-state index contributed by atoms with van der Waals surface area (Å²) in [6, 6.07) is 16.2. The topological polar surface area (TPSA) is 198 Å². The third kappa shape index (κ3) is 10.8. The number of hydrogen-bond acceptors (Lipinski definition) is 13. The number of carbonyl (C=O) groups excluding carboxylic acids is 2. The molecule has 1 saturated heterocycles. The number of dihydropyridines is 1. The fourth-order valence-corrected chi connectivity index (χ4v) is 8.13. The molecule has 3 aliphatic rings. The second kappa shape index (κ2) is 18.9. The number of rotatable bonds is 15. The van der Waals surface area contributed by atoms with Crippen LogP contribution < -0.4 is 20.7 Å². The normalized spacial score (nSPS) is 18.7. The van der Waals surface area contributed by atoms with Crippen LogP contribution in [0, 0.1) is 16.7 Å². The third-order valence-electron chi connectivity index (χ3n) is 8.29. The number of carbonyl (C=O) groups is 2. The number of alkyl carbamates (subject to hydrolysis) is 1. The average molecular weight is 792 g/mol. The Labute approximate surface area is 327 Å². The number of likely N-dealkylation sites (tertiary alicyclic amines) is 1. The summed E-state index contributed by atoms with van der Waals surface area (Å²) in [5, 5.41) is 34.5. The molecule has 0 bridgehead atoms. The smallest absolute Gasteiger partial charge is 0.408 e. The number of hydrogen-bond donors (Lipinski definition) is 4. The van der Waals surface area contributed by atoms with Crippen LogP contribution in [0.5, 0.6) is 5.75 Å². The molecule has 3 aliphatic heterocycles. The molecule has 54 heavy (non-hydrogen) atoms. The van der Waals surface area contributed by atoms with Crippen molar-refractivity contribution in [3.05, 3.63) is 103 Å². The molecule has 2 unspecified atom stereocenters. The maximum atomic E-state index is 12.6. The first-order chi connectivity index (χ1) is 26.0. The summed E-state index contributed by atoms with van der Waals surface area (Å²) in [5.41, 5.74) is 12.7. The lowest BCUT2D eigenvalue weighted by Crippen LogP contribution is -2.46. The van der Waals surface area contributed by atoms with Gasteiger partial charge in [0.2, 0.25) is 0 Å². The molecular weight excluding hydrogens is 750 g/mol. The van der Waals surface area contributed by atoms with Crippen molar-refractivity contribution in [3.8, 4) is 11.8 Å². The van der Waals surface area contributed by atoms with Crippen molar-refractivity contribution in [1.82, 2.24) is 20.9 Å². The van der Waals surface area contributed by atoms with Crippen molar-refractivity contribution in [2.24, 2.45) is 5.11 Å². The van der Waals surface area contributed by atoms with E-state index in [9.17, 15) is 14.9 Å². The highest BCUT2D eigenvalue weighted by Crippen LogP contribution is 2.40. The van der Waals surface area contributed by atoms with Crippen LogP contribution in [-0.4, -0.2) is 78.8 Å². The van der Waals surface area contributed by atoms with Gasteiger partial charge in [0.15, 0.2) is 0 Å². The summed E-state index contributed by atoms with van der Waals surface area (Å²) >= 11 is 9.40. The highest BCUT2D eigenvalue weighted by atomic mass is 35.5. The van der Waals surface area contributed by atoms with E-state index in [1.54, 1.807) is 56.4 Å². The third-order valence-corrected chi connectivity index (χ3v) is 10.8. The van der Waals surface area contributed by atoms with Gasteiger partial charge in [-0.05, 0) is 79.9 Å². The highest BCUT2D eigenvalue weighted by molar-refractivity contribution is 8.03. The van der Waals surface area contributed by atoms with Crippen LogP contribution >= 0.6 is 35.1 Å². The van der Waals surface area contributed by atoms with E-state index in [0.29, 0.717) is 33.2 Å². The van der Waals surface area contributed by atoms with Gasteiger partial charge in [-0.2, -0.15) is 5.26 Å². The van der Waals surface area contributed by atoms with Crippen LogP contribution in [-0.2, 0) is 14.3 Å². The minimum Gasteiger partial charge on any atom is -0.490 e. The van der Waals surface area contributed by atoms with Crippen LogP contribution in [0.15, 0.2) is 81.7 Å². The van der Waals surface area contributed by atoms with Gasteiger partial charge in [-0.3, -0.25) is 0 Å². The molecule has 3 heterocycles. The first kappa shape index (κ1) is 40.2. The van der Waals surface area contributed by atoms with Gasteiger partial charge in [0, 0.05) is 51.8 Å². The van der Waals surface area contributed by atoms with Crippen LogP contribution in [0.25, 0.3) is 16.0 Å². The number of benzene rings is 2. The van der Waals surface area contributed by atoms with Crippen molar-refractivity contribution in [1.29, 1.82) is 10.7 Å². The molecule has 284 valence electrons. The number of esters is 1. The number of ether oxygens (including phenoxy) is 3. The van der Waals surface area contributed by atoms with Gasteiger partial charge in [0.1, 0.15) is 47.2 Å². The van der Waals surface area contributed by atoms with E-state index < -0.39 is 23.7 Å². The Bertz CT molecular complexity index is 1880. The van der Waals surface area contributed by atoms with E-state index in [1.807, 2.05) is 36.4 Å². The monoisotopic (exact) mass is 791 g/mol. The number of allylic oxidation sites excluding steroid dienone is 2. The van der Waals surface area contributed by atoms with Gasteiger partial charge in [-0.25, -0.2) is 9.59 Å². The molecule has 2 aromatic carbocycles. The molecule has 1 fully saturated rings. The molecule has 0 spiro atoms. The molecule has 0 radical (unpaired) electrons. The molecule has 2 aromatic rings. The Kier molecular flexibility index (Phi) is 14.1. The number of nitrogens with zero attached hydrogens (tertiary/aromatic N) is 5. The largest absolute Gasteiger partial charge is 0.490 e. The Morgan fingerprint density at radius 1 is 1.19 bits per heavy atom. The van der Waals surface area contributed by atoms with Gasteiger partial charge < -0.3 is 40.5 Å². The first-order valence-electron chi connectivity index (χ1n) is 17.3. The van der Waals surface area contributed by atoms with E-state index >= 15 is 0 Å². The molecule has 0 aromatic heterocycles. The number of azide groups is 1. The fourth-order valence-electron chi connectivity index (χ4n) is 5.86. The standard InChI is InChI=1S/C37H42ClN9O5S2/c1-37(2,3)52-36(49)44-30(20-42-46-41)35(48)51-17-16-50-27-12-8-23(9-13-27)31-28(18-39)32(47-14-4-5-15-47)45-34(29(31)19-40)54-22-26-21-53-33(43-26)24-6-10-25(38)11-7-24/h6-13,18,21,30,33-34,39,43,45H,4-5,14-17,20,22H2,1-3H3,(H,44,49)/t30-,33?,34?/m0/s1. The zero-order chi connectivity index (χ0) is 38.7. The van der Waals surface area contributed by atoms with Crippen LogP contribution in [0.1, 0.15) is 50.1 Å². The maximum absolute atomic E-state index is 12.6. The zero-order valence-electron chi connectivity index (χ0n) is 30.1. The van der Waals surface area contributed by atoms with Crippen molar-refractivity contribution < 1.29 is 23.8 Å². The molecule has 5 rings (SSSR count).